The molecule has 0 aliphatic heterocycles. The Morgan fingerprint density at radius 2 is 2.11 bits per heavy atom. The lowest BCUT2D eigenvalue weighted by Gasteiger charge is -2.13. The fraction of sp³-hybridized carbons (Fsp3) is 0.318. The molecule has 0 unspecified atom stereocenters. The topological polar surface area (TPSA) is 81.4 Å². The smallest absolute Gasteiger partial charge is 0.336 e. The molecule has 0 radical (unpaired) electrons. The van der Waals surface area contributed by atoms with Gasteiger partial charge in [-0.15, -0.1) is 0 Å². The molecule has 1 aromatic carbocycles. The van der Waals surface area contributed by atoms with Gasteiger partial charge in [-0.1, -0.05) is 19.4 Å². The highest BCUT2D eigenvalue weighted by molar-refractivity contribution is 5.88. The van der Waals surface area contributed by atoms with Gasteiger partial charge in [-0.2, -0.15) is 0 Å². The van der Waals surface area contributed by atoms with Crippen LogP contribution in [0.25, 0.3) is 11.0 Å². The number of pyridine rings is 1. The van der Waals surface area contributed by atoms with Crippen LogP contribution in [0.15, 0.2) is 51.8 Å². The molecule has 1 amide bonds. The average molecular weight is 380 g/mol. The molecule has 0 fully saturated rings. The molecular weight excluding hydrogens is 356 g/mol. The molecule has 0 aliphatic rings. The van der Waals surface area contributed by atoms with Gasteiger partial charge in [0.15, 0.2) is 6.61 Å². The number of unbranched alkanes of at least 4 members (excludes halogenated alkanes) is 1. The lowest BCUT2D eigenvalue weighted by molar-refractivity contribution is -0.123. The summed E-state index contributed by atoms with van der Waals surface area (Å²) < 4.78 is 11.2. The van der Waals surface area contributed by atoms with Crippen molar-refractivity contribution in [2.75, 3.05) is 6.61 Å². The van der Waals surface area contributed by atoms with Crippen molar-refractivity contribution in [1.82, 2.24) is 10.3 Å². The van der Waals surface area contributed by atoms with Crippen molar-refractivity contribution in [2.45, 2.75) is 39.7 Å². The highest BCUT2D eigenvalue weighted by Crippen LogP contribution is 2.30. The van der Waals surface area contributed by atoms with Crippen LogP contribution in [-0.4, -0.2) is 17.5 Å². The second-order valence-electron chi connectivity index (χ2n) is 6.72. The van der Waals surface area contributed by atoms with Crippen LogP contribution >= 0.6 is 0 Å². The average Bonchev–Trinajstić information content (AvgIpc) is 2.68. The standard InChI is InChI=1S/C22H24N2O4/c1-3-4-7-16-12-21(26)28-19-11-15(2)10-18(22(16)19)27-14-20(25)24-13-17-8-5-6-9-23-17/h5-6,8-12H,3-4,7,13-14H2,1-2H3,(H,24,25). The minimum Gasteiger partial charge on any atom is -0.483 e. The predicted molar refractivity (Wildman–Crippen MR) is 107 cm³/mol. The molecule has 0 atom stereocenters. The minimum atomic E-state index is -0.372. The number of ether oxygens (including phenoxy) is 1. The lowest BCUT2D eigenvalue weighted by Crippen LogP contribution is -2.28. The Balaban J connectivity index is 1.77. The third kappa shape index (κ3) is 4.97. The molecule has 2 heterocycles. The van der Waals surface area contributed by atoms with Crippen LogP contribution in [0.5, 0.6) is 5.75 Å². The first-order chi connectivity index (χ1) is 13.6. The van der Waals surface area contributed by atoms with Gasteiger partial charge in [0.05, 0.1) is 17.6 Å². The zero-order chi connectivity index (χ0) is 19.9. The minimum absolute atomic E-state index is 0.127. The third-order valence-corrected chi connectivity index (χ3v) is 4.39. The summed E-state index contributed by atoms with van der Waals surface area (Å²) in [7, 11) is 0. The largest absolute Gasteiger partial charge is 0.483 e. The van der Waals surface area contributed by atoms with E-state index in [1.807, 2.05) is 37.3 Å². The van der Waals surface area contributed by atoms with Crippen molar-refractivity contribution < 1.29 is 13.9 Å². The molecule has 0 spiro atoms. The predicted octanol–water partition coefficient (Wildman–Crippen LogP) is 3.53. The highest BCUT2D eigenvalue weighted by Gasteiger charge is 2.14. The Bertz CT molecular complexity index is 1010. The van der Waals surface area contributed by atoms with E-state index in [0.717, 1.165) is 41.5 Å². The van der Waals surface area contributed by atoms with E-state index in [4.69, 9.17) is 9.15 Å². The van der Waals surface area contributed by atoms with Crippen LogP contribution in [0.3, 0.4) is 0 Å². The molecule has 3 rings (SSSR count). The molecule has 28 heavy (non-hydrogen) atoms. The molecule has 0 saturated heterocycles. The summed E-state index contributed by atoms with van der Waals surface area (Å²) in [6.07, 6.45) is 4.41. The van der Waals surface area contributed by atoms with Gasteiger partial charge >= 0.3 is 5.63 Å². The van der Waals surface area contributed by atoms with Gasteiger partial charge in [0.2, 0.25) is 0 Å². The van der Waals surface area contributed by atoms with Crippen LogP contribution in [-0.2, 0) is 17.8 Å². The van der Waals surface area contributed by atoms with Crippen LogP contribution < -0.4 is 15.7 Å². The monoisotopic (exact) mass is 380 g/mol. The van der Waals surface area contributed by atoms with E-state index in [9.17, 15) is 9.59 Å². The van der Waals surface area contributed by atoms with Crippen molar-refractivity contribution in [3.05, 3.63) is 69.8 Å². The van der Waals surface area contributed by atoms with Gasteiger partial charge < -0.3 is 14.5 Å². The highest BCUT2D eigenvalue weighted by atomic mass is 16.5. The maximum absolute atomic E-state index is 12.2. The number of nitrogens with one attached hydrogen (secondary N) is 1. The van der Waals surface area contributed by atoms with Crippen LogP contribution in [0.2, 0.25) is 0 Å². The molecular formula is C22H24N2O4. The summed E-state index contributed by atoms with van der Waals surface area (Å²) in [5.74, 6) is 0.311. The van der Waals surface area contributed by atoms with E-state index in [1.165, 1.54) is 6.07 Å². The summed E-state index contributed by atoms with van der Waals surface area (Å²) in [6, 6.07) is 10.7. The number of fused-ring (bicyclic) bond motifs is 1. The molecule has 6 heteroatoms. The molecule has 146 valence electrons. The Labute approximate surface area is 163 Å². The molecule has 3 aromatic rings. The number of nitrogens with zero attached hydrogens (tertiary/aromatic N) is 1. The van der Waals surface area contributed by atoms with Crippen LogP contribution in [0.4, 0.5) is 0 Å². The SMILES string of the molecule is CCCCc1cc(=O)oc2cc(C)cc(OCC(=O)NCc3ccccn3)c12. The Morgan fingerprint density at radius 1 is 1.25 bits per heavy atom. The Hall–Kier alpha value is -3.15. The molecule has 0 saturated carbocycles. The zero-order valence-corrected chi connectivity index (χ0v) is 16.2. The van der Waals surface area contributed by atoms with E-state index >= 15 is 0 Å². The number of carbonyl (C=O) groups is 1. The van der Waals surface area contributed by atoms with Crippen molar-refractivity contribution in [3.63, 3.8) is 0 Å². The number of hydrogen-bond acceptors (Lipinski definition) is 5. The first kappa shape index (κ1) is 19.6. The number of amides is 1. The Kier molecular flexibility index (Phi) is 6.42. The van der Waals surface area contributed by atoms with Gasteiger partial charge in [0, 0.05) is 12.3 Å². The van der Waals surface area contributed by atoms with Crippen LogP contribution in [0.1, 0.15) is 36.6 Å². The molecule has 1 N–H and O–H groups in total. The first-order valence-electron chi connectivity index (χ1n) is 9.43. The van der Waals surface area contributed by atoms with E-state index in [1.54, 1.807) is 6.20 Å². The van der Waals surface area contributed by atoms with Gasteiger partial charge in [-0.25, -0.2) is 4.79 Å². The van der Waals surface area contributed by atoms with E-state index in [2.05, 4.69) is 17.2 Å². The maximum Gasteiger partial charge on any atom is 0.336 e. The number of carbonyl (C=O) groups excluding carboxylic acids is 1. The summed E-state index contributed by atoms with van der Waals surface area (Å²) in [5.41, 5.74) is 2.68. The molecule has 2 aromatic heterocycles. The number of benzene rings is 1. The maximum atomic E-state index is 12.2. The van der Waals surface area contributed by atoms with E-state index in [0.29, 0.717) is 17.9 Å². The summed E-state index contributed by atoms with van der Waals surface area (Å²) in [5, 5.41) is 3.55. The van der Waals surface area contributed by atoms with Gasteiger partial charge in [-0.3, -0.25) is 9.78 Å². The van der Waals surface area contributed by atoms with Gasteiger partial charge in [0.25, 0.3) is 5.91 Å². The second-order valence-corrected chi connectivity index (χ2v) is 6.72. The number of aryl methyl sites for hydroxylation is 2. The molecule has 0 aliphatic carbocycles. The quantitative estimate of drug-likeness (QED) is 0.605. The Morgan fingerprint density at radius 3 is 2.86 bits per heavy atom. The van der Waals surface area contributed by atoms with E-state index in [-0.39, 0.29) is 18.1 Å². The second kappa shape index (κ2) is 9.17. The van der Waals surface area contributed by atoms with E-state index < -0.39 is 0 Å². The first-order valence-corrected chi connectivity index (χ1v) is 9.43. The number of rotatable bonds is 8. The normalized spacial score (nSPS) is 10.8. The summed E-state index contributed by atoms with van der Waals surface area (Å²) in [6.45, 7) is 4.21. The zero-order valence-electron chi connectivity index (χ0n) is 16.2. The third-order valence-electron chi connectivity index (χ3n) is 4.39. The van der Waals surface area contributed by atoms with Crippen LogP contribution in [0, 0.1) is 6.92 Å². The molecule has 6 nitrogen and oxygen atoms in total. The van der Waals surface area contributed by atoms with Crippen molar-refractivity contribution in [1.29, 1.82) is 0 Å². The summed E-state index contributed by atoms with van der Waals surface area (Å²) in [4.78, 5) is 28.3. The summed E-state index contributed by atoms with van der Waals surface area (Å²) >= 11 is 0. The van der Waals surface area contributed by atoms with Crippen molar-refractivity contribution in [3.8, 4) is 5.75 Å². The van der Waals surface area contributed by atoms with Crippen molar-refractivity contribution >= 4 is 16.9 Å². The number of hydrogen-bond donors (Lipinski definition) is 1. The number of aromatic nitrogens is 1. The van der Waals surface area contributed by atoms with Crippen molar-refractivity contribution in [2.24, 2.45) is 0 Å². The van der Waals surface area contributed by atoms with Gasteiger partial charge in [-0.05, 0) is 55.2 Å². The molecule has 0 bridgehead atoms. The fourth-order valence-corrected chi connectivity index (χ4v) is 3.03. The fourth-order valence-electron chi connectivity index (χ4n) is 3.03. The lowest BCUT2D eigenvalue weighted by atomic mass is 10.0. The van der Waals surface area contributed by atoms with Gasteiger partial charge in [0.1, 0.15) is 11.3 Å².